The van der Waals surface area contributed by atoms with Crippen LogP contribution in [-0.2, 0) is 16.1 Å². The number of nitrogens with zero attached hydrogens (tertiary/aromatic N) is 1. The third kappa shape index (κ3) is 5.61. The molecule has 1 aromatic heterocycles. The van der Waals surface area contributed by atoms with E-state index >= 15 is 0 Å². The number of nitrogens with one attached hydrogen (secondary N) is 1. The average molecular weight is 425 g/mol. The van der Waals surface area contributed by atoms with Crippen LogP contribution < -0.4 is 14.8 Å². The van der Waals surface area contributed by atoms with Crippen molar-refractivity contribution in [2.24, 2.45) is 0 Å². The highest BCUT2D eigenvalue weighted by Crippen LogP contribution is 2.35. The first-order chi connectivity index (χ1) is 13.6. The van der Waals surface area contributed by atoms with Gasteiger partial charge in [0, 0.05) is 36.7 Å². The molecule has 28 heavy (non-hydrogen) atoms. The Bertz CT molecular complexity index is 779. The minimum absolute atomic E-state index is 0.128. The van der Waals surface area contributed by atoms with Crippen molar-refractivity contribution in [2.75, 3.05) is 39.2 Å². The summed E-state index contributed by atoms with van der Waals surface area (Å²) in [6, 6.07) is 7.40. The molecule has 1 amide bonds. The van der Waals surface area contributed by atoms with Crippen LogP contribution in [0.25, 0.3) is 0 Å². The van der Waals surface area contributed by atoms with Crippen LogP contribution in [0.15, 0.2) is 29.6 Å². The quantitative estimate of drug-likeness (QED) is 0.658. The first-order valence-electron chi connectivity index (χ1n) is 9.16. The smallest absolute Gasteiger partial charge is 0.238 e. The number of ether oxygens (including phenoxy) is 3. The van der Waals surface area contributed by atoms with Crippen LogP contribution in [0, 0.1) is 0 Å². The summed E-state index contributed by atoms with van der Waals surface area (Å²) >= 11 is 7.82. The van der Waals surface area contributed by atoms with Gasteiger partial charge < -0.3 is 19.5 Å². The van der Waals surface area contributed by atoms with E-state index in [4.69, 9.17) is 25.8 Å². The summed E-state index contributed by atoms with van der Waals surface area (Å²) in [4.78, 5) is 16.1. The number of carbonyl (C=O) groups is 1. The van der Waals surface area contributed by atoms with E-state index in [1.807, 2.05) is 11.4 Å². The normalized spacial score (nSPS) is 16.4. The number of benzene rings is 1. The van der Waals surface area contributed by atoms with Crippen molar-refractivity contribution in [3.63, 3.8) is 0 Å². The number of anilines is 1. The molecule has 1 fully saturated rings. The van der Waals surface area contributed by atoms with E-state index in [1.54, 1.807) is 23.5 Å². The van der Waals surface area contributed by atoms with E-state index in [0.29, 0.717) is 28.8 Å². The average Bonchev–Trinajstić information content (AvgIpc) is 3.37. The van der Waals surface area contributed by atoms with Crippen LogP contribution in [0.1, 0.15) is 17.7 Å². The van der Waals surface area contributed by atoms with Gasteiger partial charge in [0.1, 0.15) is 11.5 Å². The van der Waals surface area contributed by atoms with E-state index < -0.39 is 0 Å². The Balaban J connectivity index is 1.68. The molecule has 1 aromatic carbocycles. The highest BCUT2D eigenvalue weighted by Gasteiger charge is 2.22. The summed E-state index contributed by atoms with van der Waals surface area (Å²) in [5.74, 6) is 0.841. The van der Waals surface area contributed by atoms with Gasteiger partial charge in [-0.15, -0.1) is 11.3 Å². The van der Waals surface area contributed by atoms with Gasteiger partial charge in [0.25, 0.3) is 0 Å². The molecule has 0 unspecified atom stereocenters. The van der Waals surface area contributed by atoms with Gasteiger partial charge in [-0.3, -0.25) is 9.69 Å². The number of thiophene rings is 1. The predicted molar refractivity (Wildman–Crippen MR) is 112 cm³/mol. The van der Waals surface area contributed by atoms with Gasteiger partial charge in [0.05, 0.1) is 37.6 Å². The Kier molecular flexibility index (Phi) is 7.56. The molecule has 0 bridgehead atoms. The SMILES string of the molecule is COc1cc(NC(=O)CN(Cc2cccs2)C[C@H]2CCCO2)c(OC)cc1Cl. The van der Waals surface area contributed by atoms with Gasteiger partial charge in [0.2, 0.25) is 5.91 Å². The van der Waals surface area contributed by atoms with Crippen molar-refractivity contribution in [3.8, 4) is 11.5 Å². The fourth-order valence-electron chi connectivity index (χ4n) is 3.24. The number of hydrogen-bond acceptors (Lipinski definition) is 6. The number of rotatable bonds is 9. The van der Waals surface area contributed by atoms with Gasteiger partial charge in [0.15, 0.2) is 0 Å². The highest BCUT2D eigenvalue weighted by atomic mass is 35.5. The number of methoxy groups -OCH3 is 2. The number of hydrogen-bond donors (Lipinski definition) is 1. The first kappa shape index (κ1) is 20.9. The minimum atomic E-state index is -0.128. The Labute approximate surface area is 174 Å². The fraction of sp³-hybridized carbons (Fsp3) is 0.450. The zero-order valence-electron chi connectivity index (χ0n) is 16.1. The van der Waals surface area contributed by atoms with Crippen molar-refractivity contribution in [1.82, 2.24) is 4.90 Å². The molecule has 0 saturated carbocycles. The maximum atomic E-state index is 12.8. The second-order valence-electron chi connectivity index (χ2n) is 6.62. The molecule has 2 aromatic rings. The topological polar surface area (TPSA) is 60.0 Å². The molecule has 3 rings (SSSR count). The summed E-state index contributed by atoms with van der Waals surface area (Å²) in [5.41, 5.74) is 0.530. The standard InChI is InChI=1S/C20H25ClN2O4S/c1-25-18-10-17(19(26-2)9-16(18)21)22-20(24)13-23(11-14-5-3-7-27-14)12-15-6-4-8-28-15/h4,6,8-10,14H,3,5,7,11-13H2,1-2H3,(H,22,24)/t14-/m1/s1. The fourth-order valence-corrected chi connectivity index (χ4v) is 4.21. The van der Waals surface area contributed by atoms with Gasteiger partial charge >= 0.3 is 0 Å². The van der Waals surface area contributed by atoms with Crippen LogP contribution in [-0.4, -0.2) is 50.8 Å². The van der Waals surface area contributed by atoms with Gasteiger partial charge in [-0.05, 0) is 24.3 Å². The summed E-state index contributed by atoms with van der Waals surface area (Å²) in [7, 11) is 3.07. The Morgan fingerprint density at radius 2 is 2.18 bits per heavy atom. The van der Waals surface area contributed by atoms with E-state index in [9.17, 15) is 4.79 Å². The molecule has 1 aliphatic heterocycles. The van der Waals surface area contributed by atoms with Crippen LogP contribution in [0.5, 0.6) is 11.5 Å². The van der Waals surface area contributed by atoms with Crippen molar-refractivity contribution in [3.05, 3.63) is 39.5 Å². The Morgan fingerprint density at radius 3 is 2.82 bits per heavy atom. The summed E-state index contributed by atoms with van der Waals surface area (Å²) in [5, 5.41) is 5.39. The lowest BCUT2D eigenvalue weighted by Gasteiger charge is -2.24. The zero-order valence-corrected chi connectivity index (χ0v) is 17.6. The molecule has 1 aliphatic rings. The van der Waals surface area contributed by atoms with Crippen LogP contribution in [0.4, 0.5) is 5.69 Å². The van der Waals surface area contributed by atoms with E-state index in [2.05, 4.69) is 16.3 Å². The van der Waals surface area contributed by atoms with E-state index in [-0.39, 0.29) is 18.6 Å². The largest absolute Gasteiger partial charge is 0.495 e. The lowest BCUT2D eigenvalue weighted by Crippen LogP contribution is -2.37. The van der Waals surface area contributed by atoms with Crippen LogP contribution in [0.3, 0.4) is 0 Å². The molecule has 6 nitrogen and oxygen atoms in total. The van der Waals surface area contributed by atoms with Gasteiger partial charge in [-0.25, -0.2) is 0 Å². The third-order valence-corrected chi connectivity index (χ3v) is 5.72. The second-order valence-corrected chi connectivity index (χ2v) is 8.06. The molecule has 0 spiro atoms. The van der Waals surface area contributed by atoms with Crippen LogP contribution in [0.2, 0.25) is 5.02 Å². The Hall–Kier alpha value is -1.80. The maximum absolute atomic E-state index is 12.8. The molecule has 8 heteroatoms. The van der Waals surface area contributed by atoms with Crippen molar-refractivity contribution >= 4 is 34.5 Å². The Morgan fingerprint density at radius 1 is 1.36 bits per heavy atom. The number of carbonyl (C=O) groups excluding carboxylic acids is 1. The van der Waals surface area contributed by atoms with Gasteiger partial charge in [-0.2, -0.15) is 0 Å². The van der Waals surface area contributed by atoms with E-state index in [0.717, 1.165) is 26.0 Å². The number of halogens is 1. The first-order valence-corrected chi connectivity index (χ1v) is 10.4. The zero-order chi connectivity index (χ0) is 19.9. The van der Waals surface area contributed by atoms with Crippen molar-refractivity contribution in [2.45, 2.75) is 25.5 Å². The lowest BCUT2D eigenvalue weighted by atomic mass is 10.2. The summed E-state index contributed by atoms with van der Waals surface area (Å²) < 4.78 is 16.3. The summed E-state index contributed by atoms with van der Waals surface area (Å²) in [6.45, 7) is 2.50. The molecule has 0 radical (unpaired) electrons. The highest BCUT2D eigenvalue weighted by molar-refractivity contribution is 7.09. The molecule has 1 saturated heterocycles. The second kappa shape index (κ2) is 10.1. The minimum Gasteiger partial charge on any atom is -0.495 e. The molecule has 1 atom stereocenters. The summed E-state index contributed by atoms with van der Waals surface area (Å²) in [6.07, 6.45) is 2.29. The van der Waals surface area contributed by atoms with E-state index in [1.165, 1.54) is 19.1 Å². The molecule has 2 heterocycles. The molecule has 1 N–H and O–H groups in total. The maximum Gasteiger partial charge on any atom is 0.238 e. The monoisotopic (exact) mass is 424 g/mol. The number of amides is 1. The van der Waals surface area contributed by atoms with Crippen molar-refractivity contribution in [1.29, 1.82) is 0 Å². The molecular formula is C20H25ClN2O4S. The predicted octanol–water partition coefficient (Wildman–Crippen LogP) is 4.04. The van der Waals surface area contributed by atoms with Crippen molar-refractivity contribution < 1.29 is 19.0 Å². The third-order valence-electron chi connectivity index (χ3n) is 4.56. The lowest BCUT2D eigenvalue weighted by molar-refractivity contribution is -0.117. The molecular weight excluding hydrogens is 400 g/mol. The molecule has 0 aliphatic carbocycles. The molecule has 152 valence electrons. The van der Waals surface area contributed by atoms with Crippen LogP contribution >= 0.6 is 22.9 Å². The van der Waals surface area contributed by atoms with Gasteiger partial charge in [-0.1, -0.05) is 17.7 Å².